The lowest BCUT2D eigenvalue weighted by molar-refractivity contribution is -0.133. The van der Waals surface area contributed by atoms with Gasteiger partial charge in [0.15, 0.2) is 0 Å². The fourth-order valence-electron chi connectivity index (χ4n) is 3.52. The summed E-state index contributed by atoms with van der Waals surface area (Å²) in [7, 11) is 0. The second-order valence-corrected chi connectivity index (χ2v) is 6.80. The standard InChI is InChI=1S/C16H19F2N5O/c1-9-6-11(9)15(24)22-4-2-10(3-5-22)12-7-13(14(17)18)23-16(21-12)19-8-20-23/h7-11,14H,2-6H2,1H3/t9-,11+/m0/s1. The van der Waals surface area contributed by atoms with Crippen LogP contribution in [0.5, 0.6) is 0 Å². The van der Waals surface area contributed by atoms with E-state index in [1.165, 1.54) is 12.4 Å². The lowest BCUT2D eigenvalue weighted by Crippen LogP contribution is -2.39. The molecule has 6 nitrogen and oxygen atoms in total. The number of halogens is 2. The number of nitrogens with zero attached hydrogens (tertiary/aromatic N) is 5. The van der Waals surface area contributed by atoms with Gasteiger partial charge >= 0.3 is 0 Å². The van der Waals surface area contributed by atoms with Crippen molar-refractivity contribution in [1.82, 2.24) is 24.5 Å². The average molecular weight is 335 g/mol. The van der Waals surface area contributed by atoms with Crippen LogP contribution in [0, 0.1) is 11.8 Å². The highest BCUT2D eigenvalue weighted by Crippen LogP contribution is 2.40. The van der Waals surface area contributed by atoms with Crippen LogP contribution in [0.1, 0.15) is 49.9 Å². The van der Waals surface area contributed by atoms with E-state index in [4.69, 9.17) is 0 Å². The maximum Gasteiger partial charge on any atom is 0.280 e. The highest BCUT2D eigenvalue weighted by molar-refractivity contribution is 5.81. The molecule has 0 aromatic carbocycles. The summed E-state index contributed by atoms with van der Waals surface area (Å²) < 4.78 is 27.6. The zero-order chi connectivity index (χ0) is 16.8. The molecule has 1 saturated heterocycles. The molecule has 1 aliphatic carbocycles. The number of aromatic nitrogens is 4. The minimum Gasteiger partial charge on any atom is -0.342 e. The first kappa shape index (κ1) is 15.4. The first-order valence-electron chi connectivity index (χ1n) is 8.32. The maximum absolute atomic E-state index is 13.3. The molecule has 2 fully saturated rings. The Morgan fingerprint density at radius 3 is 2.67 bits per heavy atom. The second-order valence-electron chi connectivity index (χ2n) is 6.80. The van der Waals surface area contributed by atoms with Crippen molar-refractivity contribution in [3.8, 4) is 0 Å². The van der Waals surface area contributed by atoms with Crippen molar-refractivity contribution in [2.45, 2.75) is 38.5 Å². The van der Waals surface area contributed by atoms with Crippen molar-refractivity contribution in [2.24, 2.45) is 11.8 Å². The van der Waals surface area contributed by atoms with Crippen molar-refractivity contribution in [2.75, 3.05) is 13.1 Å². The number of piperidine rings is 1. The normalized spacial score (nSPS) is 24.8. The van der Waals surface area contributed by atoms with Crippen LogP contribution in [-0.2, 0) is 4.79 Å². The Balaban J connectivity index is 1.51. The quantitative estimate of drug-likeness (QED) is 0.864. The molecule has 8 heteroatoms. The first-order valence-corrected chi connectivity index (χ1v) is 8.32. The lowest BCUT2D eigenvalue weighted by atomic mass is 9.92. The van der Waals surface area contributed by atoms with E-state index in [-0.39, 0.29) is 29.2 Å². The molecule has 3 heterocycles. The fraction of sp³-hybridized carbons (Fsp3) is 0.625. The minimum absolute atomic E-state index is 0.0740. The van der Waals surface area contributed by atoms with E-state index in [1.54, 1.807) is 0 Å². The number of fused-ring (bicyclic) bond motifs is 1. The van der Waals surface area contributed by atoms with Crippen molar-refractivity contribution in [3.05, 3.63) is 23.8 Å². The lowest BCUT2D eigenvalue weighted by Gasteiger charge is -2.32. The molecule has 128 valence electrons. The monoisotopic (exact) mass is 335 g/mol. The Bertz CT molecular complexity index is 769. The van der Waals surface area contributed by atoms with E-state index in [2.05, 4.69) is 22.0 Å². The predicted octanol–water partition coefficient (Wildman–Crippen LogP) is 2.42. The molecule has 0 radical (unpaired) electrons. The van der Waals surface area contributed by atoms with Crippen molar-refractivity contribution in [3.63, 3.8) is 0 Å². The predicted molar refractivity (Wildman–Crippen MR) is 81.6 cm³/mol. The molecule has 2 aromatic rings. The topological polar surface area (TPSA) is 63.4 Å². The van der Waals surface area contributed by atoms with Crippen molar-refractivity contribution < 1.29 is 13.6 Å². The molecule has 2 aliphatic rings. The smallest absolute Gasteiger partial charge is 0.280 e. The van der Waals surface area contributed by atoms with Gasteiger partial charge in [-0.2, -0.15) is 14.6 Å². The van der Waals surface area contributed by atoms with Crippen molar-refractivity contribution in [1.29, 1.82) is 0 Å². The molecule has 4 rings (SSSR count). The van der Waals surface area contributed by atoms with Gasteiger partial charge < -0.3 is 4.90 Å². The molecular formula is C16H19F2N5O. The zero-order valence-electron chi connectivity index (χ0n) is 13.4. The SMILES string of the molecule is C[C@H]1C[C@H]1C(=O)N1CCC(c2cc(C(F)F)n3ncnc3n2)CC1. The Kier molecular flexibility index (Phi) is 3.69. The van der Waals surface area contributed by atoms with Crippen LogP contribution < -0.4 is 0 Å². The number of hydrogen-bond acceptors (Lipinski definition) is 4. The number of carbonyl (C=O) groups is 1. The van der Waals surface area contributed by atoms with Gasteiger partial charge in [0.2, 0.25) is 5.91 Å². The molecule has 0 N–H and O–H groups in total. The highest BCUT2D eigenvalue weighted by atomic mass is 19.3. The van der Waals surface area contributed by atoms with Gasteiger partial charge in [-0.1, -0.05) is 6.92 Å². The summed E-state index contributed by atoms with van der Waals surface area (Å²) in [5, 5.41) is 3.80. The van der Waals surface area contributed by atoms with Gasteiger partial charge in [-0.05, 0) is 31.2 Å². The van der Waals surface area contributed by atoms with Crippen LogP contribution >= 0.6 is 0 Å². The van der Waals surface area contributed by atoms with Gasteiger partial charge in [0.05, 0.1) is 0 Å². The molecule has 1 saturated carbocycles. The third kappa shape index (κ3) is 2.63. The summed E-state index contributed by atoms with van der Waals surface area (Å²) >= 11 is 0. The molecule has 1 amide bonds. The summed E-state index contributed by atoms with van der Waals surface area (Å²) in [4.78, 5) is 22.5. The molecule has 0 spiro atoms. The van der Waals surface area contributed by atoms with Crippen LogP contribution in [0.2, 0.25) is 0 Å². The van der Waals surface area contributed by atoms with Crippen LogP contribution in [0.15, 0.2) is 12.4 Å². The van der Waals surface area contributed by atoms with Gasteiger partial charge in [-0.25, -0.2) is 13.8 Å². The molecule has 0 bridgehead atoms. The summed E-state index contributed by atoms with van der Waals surface area (Å²) in [6.45, 7) is 3.42. The molecule has 2 atom stereocenters. The molecule has 24 heavy (non-hydrogen) atoms. The largest absolute Gasteiger partial charge is 0.342 e. The van der Waals surface area contributed by atoms with Crippen LogP contribution in [0.3, 0.4) is 0 Å². The molecular weight excluding hydrogens is 316 g/mol. The van der Waals surface area contributed by atoms with Gasteiger partial charge in [0.1, 0.15) is 12.0 Å². The van der Waals surface area contributed by atoms with Gasteiger partial charge in [0.25, 0.3) is 12.2 Å². The summed E-state index contributed by atoms with van der Waals surface area (Å²) in [5.74, 6) is 1.21. The average Bonchev–Trinajstić information content (AvgIpc) is 3.12. The zero-order valence-corrected chi connectivity index (χ0v) is 13.4. The van der Waals surface area contributed by atoms with Crippen LogP contribution in [0.4, 0.5) is 8.78 Å². The van der Waals surface area contributed by atoms with Gasteiger partial charge in [0, 0.05) is 30.6 Å². The number of hydrogen-bond donors (Lipinski definition) is 0. The number of alkyl halides is 2. The maximum atomic E-state index is 13.3. The van der Waals surface area contributed by atoms with E-state index >= 15 is 0 Å². The number of likely N-dealkylation sites (tertiary alicyclic amines) is 1. The molecule has 0 unspecified atom stereocenters. The van der Waals surface area contributed by atoms with E-state index in [9.17, 15) is 13.6 Å². The second kappa shape index (κ2) is 5.75. The van der Waals surface area contributed by atoms with E-state index in [1.807, 2.05) is 4.90 Å². The Morgan fingerprint density at radius 1 is 1.33 bits per heavy atom. The Labute approximate surface area is 137 Å². The molecule has 2 aromatic heterocycles. The van der Waals surface area contributed by atoms with Crippen LogP contribution in [-0.4, -0.2) is 43.5 Å². The third-order valence-corrected chi connectivity index (χ3v) is 5.17. The van der Waals surface area contributed by atoms with E-state index in [0.717, 1.165) is 23.8 Å². The van der Waals surface area contributed by atoms with E-state index in [0.29, 0.717) is 24.7 Å². The Morgan fingerprint density at radius 2 is 2.04 bits per heavy atom. The summed E-state index contributed by atoms with van der Waals surface area (Å²) in [5.41, 5.74) is 0.440. The van der Waals surface area contributed by atoms with Gasteiger partial charge in [-0.3, -0.25) is 4.79 Å². The summed E-state index contributed by atoms with van der Waals surface area (Å²) in [6, 6.07) is 1.43. The highest BCUT2D eigenvalue weighted by Gasteiger charge is 2.42. The van der Waals surface area contributed by atoms with Crippen LogP contribution in [0.25, 0.3) is 5.78 Å². The number of rotatable bonds is 3. The third-order valence-electron chi connectivity index (χ3n) is 5.17. The minimum atomic E-state index is -2.63. The Hall–Kier alpha value is -2.12. The van der Waals surface area contributed by atoms with Gasteiger partial charge in [-0.15, -0.1) is 0 Å². The number of carbonyl (C=O) groups excluding carboxylic acids is 1. The molecule has 1 aliphatic heterocycles. The van der Waals surface area contributed by atoms with Crippen molar-refractivity contribution >= 4 is 11.7 Å². The number of amides is 1. The fourth-order valence-corrected chi connectivity index (χ4v) is 3.52. The summed E-state index contributed by atoms with van der Waals surface area (Å²) in [6.07, 6.45) is 1.08. The first-order chi connectivity index (χ1) is 11.5. The van der Waals surface area contributed by atoms with E-state index < -0.39 is 6.43 Å².